The summed E-state index contributed by atoms with van der Waals surface area (Å²) in [6, 6.07) is 8.89. The Labute approximate surface area is 111 Å². The molecule has 0 aliphatic heterocycles. The second-order valence-corrected chi connectivity index (χ2v) is 3.81. The van der Waals surface area contributed by atoms with E-state index in [1.165, 1.54) is 27.0 Å². The second-order valence-electron chi connectivity index (χ2n) is 3.81. The van der Waals surface area contributed by atoms with E-state index in [2.05, 4.69) is 4.74 Å². The van der Waals surface area contributed by atoms with Crippen LogP contribution in [-0.2, 0) is 19.1 Å². The molecule has 0 atom stereocenters. The van der Waals surface area contributed by atoms with E-state index in [0.717, 1.165) is 4.90 Å². The number of carbonyl (C=O) groups excluding carboxylic acids is 3. The van der Waals surface area contributed by atoms with Gasteiger partial charge in [-0.2, -0.15) is 0 Å². The number of hydrogen-bond acceptors (Lipinski definition) is 4. The number of esters is 1. The van der Waals surface area contributed by atoms with Crippen LogP contribution in [0.25, 0.3) is 6.08 Å². The van der Waals surface area contributed by atoms with Gasteiger partial charge in [0.05, 0.1) is 7.11 Å². The van der Waals surface area contributed by atoms with Crippen LogP contribution in [0, 0.1) is 0 Å². The molecule has 0 aromatic heterocycles. The maximum Gasteiger partial charge on any atom is 0.355 e. The third-order valence-electron chi connectivity index (χ3n) is 2.37. The Morgan fingerprint density at radius 3 is 2.00 bits per heavy atom. The number of ether oxygens (including phenoxy) is 1. The average molecular weight is 261 g/mol. The molecule has 0 radical (unpaired) electrons. The molecular formula is C14H15NO4. The first-order valence-corrected chi connectivity index (χ1v) is 5.63. The van der Waals surface area contributed by atoms with Gasteiger partial charge in [0.1, 0.15) is 5.70 Å². The van der Waals surface area contributed by atoms with Crippen molar-refractivity contribution in [3.63, 3.8) is 0 Å². The fraction of sp³-hybridized carbons (Fsp3) is 0.214. The minimum atomic E-state index is -0.741. The summed E-state index contributed by atoms with van der Waals surface area (Å²) < 4.78 is 4.61. The molecule has 100 valence electrons. The molecule has 0 aliphatic rings. The van der Waals surface area contributed by atoms with Gasteiger partial charge < -0.3 is 4.74 Å². The van der Waals surface area contributed by atoms with E-state index >= 15 is 0 Å². The van der Waals surface area contributed by atoms with Crippen LogP contribution in [0.3, 0.4) is 0 Å². The Kier molecular flexibility index (Phi) is 5.00. The number of rotatable bonds is 3. The number of nitrogens with zero attached hydrogens (tertiary/aromatic N) is 1. The van der Waals surface area contributed by atoms with E-state index in [0.29, 0.717) is 5.56 Å². The molecule has 0 N–H and O–H groups in total. The topological polar surface area (TPSA) is 63.7 Å². The first-order chi connectivity index (χ1) is 8.97. The second kappa shape index (κ2) is 6.49. The van der Waals surface area contributed by atoms with Gasteiger partial charge in [-0.25, -0.2) is 9.69 Å². The normalized spacial score (nSPS) is 10.8. The Morgan fingerprint density at radius 2 is 1.58 bits per heavy atom. The third kappa shape index (κ3) is 3.77. The van der Waals surface area contributed by atoms with Gasteiger partial charge in [0, 0.05) is 13.8 Å². The van der Waals surface area contributed by atoms with Crippen LogP contribution in [0.2, 0.25) is 0 Å². The van der Waals surface area contributed by atoms with E-state index in [9.17, 15) is 14.4 Å². The number of benzene rings is 1. The van der Waals surface area contributed by atoms with Crippen LogP contribution < -0.4 is 0 Å². The molecule has 0 heterocycles. The monoisotopic (exact) mass is 261 g/mol. The van der Waals surface area contributed by atoms with Crippen LogP contribution in [0.5, 0.6) is 0 Å². The quantitative estimate of drug-likeness (QED) is 0.612. The average Bonchev–Trinajstić information content (AvgIpc) is 2.37. The van der Waals surface area contributed by atoms with Crippen molar-refractivity contribution in [2.45, 2.75) is 13.8 Å². The molecule has 0 fully saturated rings. The van der Waals surface area contributed by atoms with Crippen LogP contribution >= 0.6 is 0 Å². The minimum absolute atomic E-state index is 0.103. The predicted molar refractivity (Wildman–Crippen MR) is 69.6 cm³/mol. The summed E-state index contributed by atoms with van der Waals surface area (Å²) in [7, 11) is 1.19. The fourth-order valence-electron chi connectivity index (χ4n) is 1.59. The fourth-order valence-corrected chi connectivity index (χ4v) is 1.59. The SMILES string of the molecule is COC(=O)/C(=C\c1ccccc1)N(C(C)=O)C(C)=O. The highest BCUT2D eigenvalue weighted by molar-refractivity contribution is 6.06. The Balaban J connectivity index is 3.29. The predicted octanol–water partition coefficient (Wildman–Crippen LogP) is 1.60. The molecule has 0 saturated carbocycles. The van der Waals surface area contributed by atoms with Crippen molar-refractivity contribution < 1.29 is 19.1 Å². The third-order valence-corrected chi connectivity index (χ3v) is 2.37. The van der Waals surface area contributed by atoms with Crippen molar-refractivity contribution in [2.75, 3.05) is 7.11 Å². The lowest BCUT2D eigenvalue weighted by Gasteiger charge is -2.18. The zero-order valence-corrected chi connectivity index (χ0v) is 11.0. The van der Waals surface area contributed by atoms with E-state index in [1.807, 2.05) is 6.07 Å². The van der Waals surface area contributed by atoms with Crippen molar-refractivity contribution >= 4 is 23.9 Å². The summed E-state index contributed by atoms with van der Waals surface area (Å²) in [6.45, 7) is 2.42. The number of amides is 2. The smallest absolute Gasteiger partial charge is 0.355 e. The standard InChI is InChI=1S/C14H15NO4/c1-10(16)15(11(2)17)13(14(18)19-3)9-12-7-5-4-6-8-12/h4-9H,1-3H3/b13-9+. The van der Waals surface area contributed by atoms with E-state index in [-0.39, 0.29) is 5.70 Å². The first kappa shape index (κ1) is 14.6. The molecular weight excluding hydrogens is 246 g/mol. The number of methoxy groups -OCH3 is 1. The molecule has 0 spiro atoms. The van der Waals surface area contributed by atoms with Gasteiger partial charge in [-0.1, -0.05) is 30.3 Å². The maximum absolute atomic E-state index is 11.7. The van der Waals surface area contributed by atoms with Crippen molar-refractivity contribution in [3.8, 4) is 0 Å². The van der Waals surface area contributed by atoms with Crippen LogP contribution in [0.1, 0.15) is 19.4 Å². The van der Waals surface area contributed by atoms with Crippen molar-refractivity contribution in [1.29, 1.82) is 0 Å². The highest BCUT2D eigenvalue weighted by Crippen LogP contribution is 2.13. The van der Waals surface area contributed by atoms with E-state index < -0.39 is 17.8 Å². The lowest BCUT2D eigenvalue weighted by Crippen LogP contribution is -2.36. The van der Waals surface area contributed by atoms with Crippen LogP contribution in [0.15, 0.2) is 36.0 Å². The zero-order chi connectivity index (χ0) is 14.4. The maximum atomic E-state index is 11.7. The van der Waals surface area contributed by atoms with Gasteiger partial charge in [-0.05, 0) is 11.6 Å². The Bertz CT molecular complexity index is 506. The zero-order valence-electron chi connectivity index (χ0n) is 11.0. The Morgan fingerprint density at radius 1 is 1.05 bits per heavy atom. The lowest BCUT2D eigenvalue weighted by atomic mass is 10.2. The summed E-state index contributed by atoms with van der Waals surface area (Å²) >= 11 is 0. The molecule has 5 heteroatoms. The van der Waals surface area contributed by atoms with Gasteiger partial charge in [-0.15, -0.1) is 0 Å². The van der Waals surface area contributed by atoms with E-state index in [1.54, 1.807) is 24.3 Å². The van der Waals surface area contributed by atoms with Gasteiger partial charge >= 0.3 is 5.97 Å². The molecule has 0 saturated heterocycles. The first-order valence-electron chi connectivity index (χ1n) is 5.63. The molecule has 2 amide bonds. The lowest BCUT2D eigenvalue weighted by molar-refractivity contribution is -0.147. The van der Waals surface area contributed by atoms with Crippen LogP contribution in [0.4, 0.5) is 0 Å². The summed E-state index contributed by atoms with van der Waals surface area (Å²) in [5.41, 5.74) is 0.587. The number of hydrogen-bond donors (Lipinski definition) is 0. The summed E-state index contributed by atoms with van der Waals surface area (Å²) in [6.07, 6.45) is 1.44. The number of imide groups is 1. The highest BCUT2D eigenvalue weighted by Gasteiger charge is 2.25. The number of carbonyl (C=O) groups is 3. The highest BCUT2D eigenvalue weighted by atomic mass is 16.5. The molecule has 1 aromatic rings. The van der Waals surface area contributed by atoms with Crippen LogP contribution in [-0.4, -0.2) is 29.8 Å². The summed E-state index contributed by atoms with van der Waals surface area (Å²) in [4.78, 5) is 35.5. The summed E-state index contributed by atoms with van der Waals surface area (Å²) in [5.74, 6) is -1.82. The minimum Gasteiger partial charge on any atom is -0.464 e. The van der Waals surface area contributed by atoms with Gasteiger partial charge in [0.15, 0.2) is 0 Å². The molecule has 19 heavy (non-hydrogen) atoms. The van der Waals surface area contributed by atoms with Gasteiger partial charge in [0.2, 0.25) is 11.8 Å². The van der Waals surface area contributed by atoms with E-state index in [4.69, 9.17) is 0 Å². The molecule has 1 aromatic carbocycles. The van der Waals surface area contributed by atoms with Crippen molar-refractivity contribution in [1.82, 2.24) is 4.90 Å². The molecule has 0 aliphatic carbocycles. The van der Waals surface area contributed by atoms with Crippen molar-refractivity contribution in [2.24, 2.45) is 0 Å². The molecule has 1 rings (SSSR count). The molecule has 0 bridgehead atoms. The van der Waals surface area contributed by atoms with Gasteiger partial charge in [0.25, 0.3) is 0 Å². The molecule has 0 unspecified atom stereocenters. The van der Waals surface area contributed by atoms with Crippen molar-refractivity contribution in [3.05, 3.63) is 41.6 Å². The van der Waals surface area contributed by atoms with Gasteiger partial charge in [-0.3, -0.25) is 9.59 Å². The largest absolute Gasteiger partial charge is 0.464 e. The summed E-state index contributed by atoms with van der Waals surface area (Å²) in [5, 5.41) is 0. The Hall–Kier alpha value is -2.43. The molecule has 5 nitrogen and oxygen atoms in total.